The molecule has 1 aromatic carbocycles. The number of aromatic nitrogens is 1. The number of carbonyl (C=O) groups is 2. The highest BCUT2D eigenvalue weighted by Gasteiger charge is 2.13. The zero-order chi connectivity index (χ0) is 19.2. The number of furan rings is 1. The predicted octanol–water partition coefficient (Wildman–Crippen LogP) is 2.56. The Balaban J connectivity index is 1.51. The molecule has 0 bridgehead atoms. The molecule has 0 atom stereocenters. The lowest BCUT2D eigenvalue weighted by molar-refractivity contribution is -0.120. The second kappa shape index (κ2) is 8.37. The third-order valence-corrected chi connectivity index (χ3v) is 4.40. The standard InChI is InChI=1S/C18H17N3O5S/c1-25-15-7-11(4-5-13(15)22)9-19-16(23)8-12-10-27-18(20-12)21-17(24)14-3-2-6-26-14/h2-7,10,22H,8-9H2,1H3,(H,19,23)(H,20,21,24). The summed E-state index contributed by atoms with van der Waals surface area (Å²) in [7, 11) is 1.46. The fourth-order valence-corrected chi connectivity index (χ4v) is 2.98. The van der Waals surface area contributed by atoms with Gasteiger partial charge in [0.2, 0.25) is 5.91 Å². The Kier molecular flexibility index (Phi) is 5.72. The van der Waals surface area contributed by atoms with Crippen molar-refractivity contribution in [2.24, 2.45) is 0 Å². The second-order valence-electron chi connectivity index (χ2n) is 5.54. The van der Waals surface area contributed by atoms with Crippen molar-refractivity contribution < 1.29 is 23.8 Å². The molecule has 0 saturated heterocycles. The van der Waals surface area contributed by atoms with Crippen LogP contribution in [0.15, 0.2) is 46.4 Å². The van der Waals surface area contributed by atoms with Gasteiger partial charge in [-0.05, 0) is 29.8 Å². The van der Waals surface area contributed by atoms with Crippen LogP contribution in [0.4, 0.5) is 5.13 Å². The zero-order valence-corrected chi connectivity index (χ0v) is 15.2. The van der Waals surface area contributed by atoms with Gasteiger partial charge in [0, 0.05) is 11.9 Å². The minimum absolute atomic E-state index is 0.0409. The lowest BCUT2D eigenvalue weighted by Gasteiger charge is -2.08. The van der Waals surface area contributed by atoms with E-state index in [4.69, 9.17) is 9.15 Å². The van der Waals surface area contributed by atoms with Crippen molar-refractivity contribution in [2.45, 2.75) is 13.0 Å². The maximum absolute atomic E-state index is 12.1. The van der Waals surface area contributed by atoms with Gasteiger partial charge in [-0.3, -0.25) is 14.9 Å². The Bertz CT molecular complexity index is 936. The Hall–Kier alpha value is -3.33. The number of hydrogen-bond acceptors (Lipinski definition) is 7. The fourth-order valence-electron chi connectivity index (χ4n) is 2.27. The van der Waals surface area contributed by atoms with Crippen molar-refractivity contribution >= 4 is 28.3 Å². The van der Waals surface area contributed by atoms with Crippen LogP contribution >= 0.6 is 11.3 Å². The molecule has 0 spiro atoms. The summed E-state index contributed by atoms with van der Waals surface area (Å²) in [5, 5.41) is 17.1. The summed E-state index contributed by atoms with van der Waals surface area (Å²) in [5.74, 6) is -0.0333. The fraction of sp³-hybridized carbons (Fsp3) is 0.167. The molecule has 8 nitrogen and oxygen atoms in total. The number of benzene rings is 1. The van der Waals surface area contributed by atoms with Crippen LogP contribution in [-0.2, 0) is 17.8 Å². The Morgan fingerprint density at radius 1 is 1.33 bits per heavy atom. The lowest BCUT2D eigenvalue weighted by atomic mass is 10.2. The van der Waals surface area contributed by atoms with Crippen molar-refractivity contribution in [3.63, 3.8) is 0 Å². The molecule has 3 rings (SSSR count). The Morgan fingerprint density at radius 3 is 2.93 bits per heavy atom. The Labute approximate surface area is 158 Å². The highest BCUT2D eigenvalue weighted by molar-refractivity contribution is 7.14. The number of nitrogens with zero attached hydrogens (tertiary/aromatic N) is 1. The van der Waals surface area contributed by atoms with Crippen molar-refractivity contribution in [2.75, 3.05) is 12.4 Å². The molecule has 3 aromatic rings. The summed E-state index contributed by atoms with van der Waals surface area (Å²) in [4.78, 5) is 28.2. The van der Waals surface area contributed by atoms with Gasteiger partial charge < -0.3 is 19.6 Å². The molecule has 0 aliphatic rings. The SMILES string of the molecule is COc1cc(CNC(=O)Cc2csc(NC(=O)c3ccco3)n2)ccc1O. The quantitative estimate of drug-likeness (QED) is 0.574. The number of ether oxygens (including phenoxy) is 1. The first-order valence-electron chi connectivity index (χ1n) is 7.97. The Morgan fingerprint density at radius 2 is 2.19 bits per heavy atom. The zero-order valence-electron chi connectivity index (χ0n) is 14.4. The number of hydrogen-bond donors (Lipinski definition) is 3. The summed E-state index contributed by atoms with van der Waals surface area (Å²) >= 11 is 1.23. The van der Waals surface area contributed by atoms with Crippen LogP contribution in [0.1, 0.15) is 21.8 Å². The summed E-state index contributed by atoms with van der Waals surface area (Å²) in [6, 6.07) is 8.03. The highest BCUT2D eigenvalue weighted by Crippen LogP contribution is 2.26. The van der Waals surface area contributed by atoms with Crippen molar-refractivity contribution in [1.29, 1.82) is 0 Å². The number of aromatic hydroxyl groups is 1. The van der Waals surface area contributed by atoms with E-state index in [0.717, 1.165) is 5.56 Å². The molecule has 0 unspecified atom stereocenters. The number of rotatable bonds is 7. The molecule has 0 saturated carbocycles. The van der Waals surface area contributed by atoms with Gasteiger partial charge in [-0.1, -0.05) is 6.07 Å². The minimum atomic E-state index is -0.397. The topological polar surface area (TPSA) is 114 Å². The first kappa shape index (κ1) is 18.5. The van der Waals surface area contributed by atoms with Gasteiger partial charge in [-0.2, -0.15) is 0 Å². The average molecular weight is 387 g/mol. The van der Waals surface area contributed by atoms with E-state index in [9.17, 15) is 14.7 Å². The van der Waals surface area contributed by atoms with E-state index in [-0.39, 0.29) is 23.8 Å². The normalized spacial score (nSPS) is 10.4. The molecule has 0 aliphatic carbocycles. The number of thiazole rings is 1. The molecule has 27 heavy (non-hydrogen) atoms. The van der Waals surface area contributed by atoms with Crippen LogP contribution in [0.2, 0.25) is 0 Å². The van der Waals surface area contributed by atoms with Crippen LogP contribution in [0, 0.1) is 0 Å². The maximum atomic E-state index is 12.1. The first-order valence-corrected chi connectivity index (χ1v) is 8.85. The summed E-state index contributed by atoms with van der Waals surface area (Å²) < 4.78 is 10.0. The third kappa shape index (κ3) is 4.85. The van der Waals surface area contributed by atoms with E-state index in [0.29, 0.717) is 23.1 Å². The molecular formula is C18H17N3O5S. The molecule has 2 amide bonds. The molecule has 140 valence electrons. The van der Waals surface area contributed by atoms with E-state index < -0.39 is 5.91 Å². The summed E-state index contributed by atoms with van der Waals surface area (Å²) in [5.41, 5.74) is 1.35. The average Bonchev–Trinajstić information content (AvgIpc) is 3.33. The van der Waals surface area contributed by atoms with Crippen LogP contribution < -0.4 is 15.4 Å². The van der Waals surface area contributed by atoms with E-state index in [1.54, 1.807) is 29.6 Å². The van der Waals surface area contributed by atoms with E-state index in [1.807, 2.05) is 0 Å². The van der Waals surface area contributed by atoms with Gasteiger partial charge in [-0.15, -0.1) is 11.3 Å². The number of anilines is 1. The van der Waals surface area contributed by atoms with Gasteiger partial charge in [0.05, 0.1) is 25.5 Å². The van der Waals surface area contributed by atoms with Gasteiger partial charge in [0.1, 0.15) is 0 Å². The van der Waals surface area contributed by atoms with Crippen LogP contribution in [0.3, 0.4) is 0 Å². The monoisotopic (exact) mass is 387 g/mol. The van der Waals surface area contributed by atoms with Gasteiger partial charge in [0.15, 0.2) is 22.4 Å². The largest absolute Gasteiger partial charge is 0.504 e. The van der Waals surface area contributed by atoms with Gasteiger partial charge in [-0.25, -0.2) is 4.98 Å². The van der Waals surface area contributed by atoms with Crippen molar-refractivity contribution in [3.05, 3.63) is 59.0 Å². The highest BCUT2D eigenvalue weighted by atomic mass is 32.1. The predicted molar refractivity (Wildman–Crippen MR) is 99.0 cm³/mol. The molecule has 0 fully saturated rings. The molecular weight excluding hydrogens is 370 g/mol. The van der Waals surface area contributed by atoms with Gasteiger partial charge >= 0.3 is 0 Å². The van der Waals surface area contributed by atoms with Crippen LogP contribution in [0.5, 0.6) is 11.5 Å². The molecule has 0 radical (unpaired) electrons. The number of carbonyl (C=O) groups excluding carboxylic acids is 2. The minimum Gasteiger partial charge on any atom is -0.504 e. The number of nitrogens with one attached hydrogen (secondary N) is 2. The number of methoxy groups -OCH3 is 1. The summed E-state index contributed by atoms with van der Waals surface area (Å²) in [6.07, 6.45) is 1.50. The lowest BCUT2D eigenvalue weighted by Crippen LogP contribution is -2.24. The van der Waals surface area contributed by atoms with Gasteiger partial charge in [0.25, 0.3) is 5.91 Å². The first-order chi connectivity index (χ1) is 13.0. The van der Waals surface area contributed by atoms with Crippen molar-refractivity contribution in [3.8, 4) is 11.5 Å². The van der Waals surface area contributed by atoms with Crippen LogP contribution in [-0.4, -0.2) is 29.0 Å². The third-order valence-electron chi connectivity index (χ3n) is 3.59. The number of amides is 2. The molecule has 0 aliphatic heterocycles. The maximum Gasteiger partial charge on any atom is 0.293 e. The molecule has 2 aromatic heterocycles. The molecule has 2 heterocycles. The molecule has 3 N–H and O–H groups in total. The number of phenolic OH excluding ortho intramolecular Hbond substituents is 1. The van der Waals surface area contributed by atoms with E-state index in [2.05, 4.69) is 15.6 Å². The molecule has 9 heteroatoms. The van der Waals surface area contributed by atoms with Crippen molar-refractivity contribution in [1.82, 2.24) is 10.3 Å². The smallest absolute Gasteiger partial charge is 0.293 e. The van der Waals surface area contributed by atoms with E-state index >= 15 is 0 Å². The number of phenols is 1. The van der Waals surface area contributed by atoms with E-state index in [1.165, 1.54) is 30.8 Å². The second-order valence-corrected chi connectivity index (χ2v) is 6.39. The van der Waals surface area contributed by atoms with Crippen LogP contribution in [0.25, 0.3) is 0 Å². The summed E-state index contributed by atoms with van der Waals surface area (Å²) in [6.45, 7) is 0.293.